The van der Waals surface area contributed by atoms with E-state index in [2.05, 4.69) is 137 Å². The first-order valence-electron chi connectivity index (χ1n) is 18.9. The molecule has 0 saturated heterocycles. The third-order valence-electron chi connectivity index (χ3n) is 12.2. The molecule has 5 heteroatoms. The Hall–Kier alpha value is -4.84. The van der Waals surface area contributed by atoms with Crippen LogP contribution in [0.1, 0.15) is 41.8 Å². The van der Waals surface area contributed by atoms with Gasteiger partial charge in [0, 0.05) is 53.1 Å². The summed E-state index contributed by atoms with van der Waals surface area (Å²) in [6.07, 6.45) is 8.44. The number of para-hydroxylation sites is 2. The quantitative estimate of drug-likeness (QED) is 0.170. The van der Waals surface area contributed by atoms with Crippen LogP contribution in [-0.2, 0) is 25.7 Å². The highest BCUT2D eigenvalue weighted by Crippen LogP contribution is 2.44. The molecule has 0 radical (unpaired) electrons. The Bertz CT molecular complexity index is 2790. The molecule has 2 aliphatic heterocycles. The van der Waals surface area contributed by atoms with E-state index in [9.17, 15) is 0 Å². The zero-order chi connectivity index (χ0) is 33.9. The lowest BCUT2D eigenvalue weighted by molar-refractivity contribution is 0.666. The zero-order valence-electron chi connectivity index (χ0n) is 28.9. The van der Waals surface area contributed by atoms with Crippen molar-refractivity contribution < 1.29 is 0 Å². The van der Waals surface area contributed by atoms with E-state index in [4.69, 9.17) is 0 Å². The lowest BCUT2D eigenvalue weighted by Crippen LogP contribution is -2.58. The van der Waals surface area contributed by atoms with Crippen LogP contribution in [0, 0.1) is 0 Å². The molecule has 0 bridgehead atoms. The molecule has 0 N–H and O–H groups in total. The molecule has 2 nitrogen and oxygen atoms in total. The minimum absolute atomic E-state index is 0.187. The fourth-order valence-corrected chi connectivity index (χ4v) is 12.5. The van der Waals surface area contributed by atoms with E-state index in [1.54, 1.807) is 11.1 Å². The van der Waals surface area contributed by atoms with Gasteiger partial charge < -0.3 is 9.13 Å². The Morgan fingerprint density at radius 3 is 1.83 bits per heavy atom. The Morgan fingerprint density at radius 1 is 0.442 bits per heavy atom. The van der Waals surface area contributed by atoms with E-state index in [0.717, 1.165) is 12.8 Å². The van der Waals surface area contributed by atoms with Crippen molar-refractivity contribution in [3.8, 4) is 22.5 Å². The standard InChI is InChI=1S/C47H35BN2S2/c1-2-11-29(12-3-1)30-21-24-43-38(25-30)48-37-23-22-31(49-39-17-7-4-15-35(39)36-16-10-20-42(36)49)26-44(37)52-46-28-32(27-45(51-43)47(46)48)50-40-18-8-5-13-33(40)34-14-6-9-19-41(34)50/h1-5,7-8,11-13,15,17-18,21-28H,6,9-10,14,16,19-20H2. The SMILES string of the molecule is c1ccc(-c2ccc3c(c2)B2c4ccc(-n5c6c(c7ccccc75)CCC6)cc4Sc4cc(-n5c6c(c7ccccc75)CCCC6)cc(c42)S3)cc1. The number of benzene rings is 6. The van der Waals surface area contributed by atoms with Gasteiger partial charge in [-0.25, -0.2) is 0 Å². The second-order valence-electron chi connectivity index (χ2n) is 14.9. The van der Waals surface area contributed by atoms with Crippen LogP contribution in [0.3, 0.4) is 0 Å². The Kier molecular flexibility index (Phi) is 6.47. The van der Waals surface area contributed by atoms with Crippen LogP contribution in [0.4, 0.5) is 0 Å². The number of aromatic nitrogens is 2. The summed E-state index contributed by atoms with van der Waals surface area (Å²) in [4.78, 5) is 5.55. The van der Waals surface area contributed by atoms with E-state index < -0.39 is 0 Å². The van der Waals surface area contributed by atoms with Gasteiger partial charge in [-0.15, -0.1) is 0 Å². The number of hydrogen-bond acceptors (Lipinski definition) is 2. The van der Waals surface area contributed by atoms with Crippen molar-refractivity contribution >= 4 is 68.4 Å². The van der Waals surface area contributed by atoms with Crippen molar-refractivity contribution in [1.82, 2.24) is 9.13 Å². The summed E-state index contributed by atoms with van der Waals surface area (Å²) >= 11 is 3.96. The van der Waals surface area contributed by atoms with Crippen LogP contribution in [0.15, 0.2) is 147 Å². The summed E-state index contributed by atoms with van der Waals surface area (Å²) in [5, 5.41) is 2.86. The topological polar surface area (TPSA) is 9.86 Å². The van der Waals surface area contributed by atoms with Crippen LogP contribution in [0.5, 0.6) is 0 Å². The zero-order valence-corrected chi connectivity index (χ0v) is 30.5. The molecule has 0 fully saturated rings. The van der Waals surface area contributed by atoms with Crippen molar-refractivity contribution in [2.24, 2.45) is 0 Å². The summed E-state index contributed by atoms with van der Waals surface area (Å²) in [5.41, 5.74) is 18.3. The highest BCUT2D eigenvalue weighted by atomic mass is 32.2. The molecule has 4 aliphatic rings. The highest BCUT2D eigenvalue weighted by Gasteiger charge is 2.39. The van der Waals surface area contributed by atoms with E-state index in [-0.39, 0.29) is 6.71 Å². The lowest BCUT2D eigenvalue weighted by Gasteiger charge is -2.34. The van der Waals surface area contributed by atoms with Crippen molar-refractivity contribution in [3.63, 3.8) is 0 Å². The molecule has 12 rings (SSSR count). The maximum Gasteiger partial charge on any atom is 0.247 e. The van der Waals surface area contributed by atoms with Crippen LogP contribution < -0.4 is 16.4 Å². The molecule has 248 valence electrons. The Morgan fingerprint density at radius 2 is 1.06 bits per heavy atom. The van der Waals surface area contributed by atoms with Crippen LogP contribution in [0.2, 0.25) is 0 Å². The molecule has 52 heavy (non-hydrogen) atoms. The number of nitrogens with zero attached hydrogens (tertiary/aromatic N) is 2. The van der Waals surface area contributed by atoms with Gasteiger partial charge in [0.25, 0.3) is 0 Å². The van der Waals surface area contributed by atoms with Gasteiger partial charge in [0.05, 0.1) is 11.0 Å². The molecule has 0 spiro atoms. The molecule has 0 saturated carbocycles. The molecule has 4 heterocycles. The molecule has 0 atom stereocenters. The third kappa shape index (κ3) is 4.24. The molecule has 2 aliphatic carbocycles. The van der Waals surface area contributed by atoms with Gasteiger partial charge in [-0.2, -0.15) is 0 Å². The van der Waals surface area contributed by atoms with E-state index in [0.29, 0.717) is 0 Å². The Labute approximate surface area is 313 Å². The average molecular weight is 703 g/mol. The maximum atomic E-state index is 2.62. The normalized spacial score (nSPS) is 15.3. The van der Waals surface area contributed by atoms with Crippen molar-refractivity contribution in [1.29, 1.82) is 0 Å². The fourth-order valence-electron chi connectivity index (χ4n) is 9.97. The molecule has 6 aromatic carbocycles. The molecular formula is C47H35BN2S2. The van der Waals surface area contributed by atoms with Gasteiger partial charge in [-0.05, 0) is 115 Å². The van der Waals surface area contributed by atoms with Crippen LogP contribution >= 0.6 is 23.5 Å². The summed E-state index contributed by atoms with van der Waals surface area (Å²) in [6, 6.07) is 48.7. The summed E-state index contributed by atoms with van der Waals surface area (Å²) in [5.74, 6) is 0. The minimum atomic E-state index is 0.187. The van der Waals surface area contributed by atoms with Gasteiger partial charge in [0.15, 0.2) is 0 Å². The second-order valence-corrected chi connectivity index (χ2v) is 17.1. The smallest absolute Gasteiger partial charge is 0.247 e. The van der Waals surface area contributed by atoms with Gasteiger partial charge in [0.1, 0.15) is 0 Å². The minimum Gasteiger partial charge on any atom is -0.313 e. The summed E-state index contributed by atoms with van der Waals surface area (Å²) < 4.78 is 5.19. The first-order chi connectivity index (χ1) is 25.8. The van der Waals surface area contributed by atoms with Crippen LogP contribution in [-0.4, -0.2) is 15.8 Å². The van der Waals surface area contributed by atoms with Crippen molar-refractivity contribution in [2.75, 3.05) is 0 Å². The predicted octanol–water partition coefficient (Wildman–Crippen LogP) is 10.1. The monoisotopic (exact) mass is 702 g/mol. The average Bonchev–Trinajstić information content (AvgIpc) is 3.89. The predicted molar refractivity (Wildman–Crippen MR) is 220 cm³/mol. The first-order valence-corrected chi connectivity index (χ1v) is 20.5. The maximum absolute atomic E-state index is 2.62. The molecule has 2 aromatic heterocycles. The second kappa shape index (κ2) is 11.3. The summed E-state index contributed by atoms with van der Waals surface area (Å²) in [7, 11) is 0. The third-order valence-corrected chi connectivity index (χ3v) is 14.5. The highest BCUT2D eigenvalue weighted by molar-refractivity contribution is 8.01. The number of hydrogen-bond donors (Lipinski definition) is 0. The summed E-state index contributed by atoms with van der Waals surface area (Å²) in [6.45, 7) is 0.187. The van der Waals surface area contributed by atoms with Gasteiger partial charge in [-0.1, -0.05) is 119 Å². The molecule has 8 aromatic rings. The van der Waals surface area contributed by atoms with Gasteiger partial charge >= 0.3 is 0 Å². The number of fused-ring (bicyclic) bond motifs is 10. The molecule has 0 amide bonds. The van der Waals surface area contributed by atoms with Gasteiger partial charge in [-0.3, -0.25) is 0 Å². The van der Waals surface area contributed by atoms with E-state index in [1.165, 1.54) is 124 Å². The largest absolute Gasteiger partial charge is 0.313 e. The first kappa shape index (κ1) is 29.7. The van der Waals surface area contributed by atoms with Crippen molar-refractivity contribution in [3.05, 3.63) is 150 Å². The van der Waals surface area contributed by atoms with Gasteiger partial charge in [0.2, 0.25) is 6.71 Å². The molecule has 0 unspecified atom stereocenters. The molecular weight excluding hydrogens is 667 g/mol. The fraction of sp³-hybridized carbons (Fsp3) is 0.149. The Balaban J connectivity index is 1.09. The van der Waals surface area contributed by atoms with E-state index in [1.807, 2.05) is 23.5 Å². The lowest BCUT2D eigenvalue weighted by atomic mass is 9.36. The van der Waals surface area contributed by atoms with Crippen molar-refractivity contribution in [2.45, 2.75) is 64.5 Å². The number of aryl methyl sites for hydroxylation is 2. The number of rotatable bonds is 3. The van der Waals surface area contributed by atoms with Crippen LogP contribution in [0.25, 0.3) is 44.3 Å². The van der Waals surface area contributed by atoms with E-state index >= 15 is 0 Å².